The van der Waals surface area contributed by atoms with Gasteiger partial charge in [0.25, 0.3) is 11.8 Å². The van der Waals surface area contributed by atoms with Gasteiger partial charge in [-0.3, -0.25) is 9.59 Å². The highest BCUT2D eigenvalue weighted by Crippen LogP contribution is 2.15. The predicted molar refractivity (Wildman–Crippen MR) is 137 cm³/mol. The average molecular weight is 512 g/mol. The number of carbonyl (C=O) groups is 3. The molecule has 10 nitrogen and oxygen atoms in total. The van der Waals surface area contributed by atoms with Crippen LogP contribution in [0.3, 0.4) is 0 Å². The van der Waals surface area contributed by atoms with Crippen LogP contribution in [0.2, 0.25) is 0 Å². The number of nitrogens with zero attached hydrogens (tertiary/aromatic N) is 2. The van der Waals surface area contributed by atoms with Gasteiger partial charge in [0.05, 0.1) is 21.8 Å². The number of thiophene rings is 1. The van der Waals surface area contributed by atoms with E-state index in [9.17, 15) is 24.6 Å². The van der Waals surface area contributed by atoms with E-state index in [4.69, 9.17) is 0 Å². The number of aromatic hydroxyl groups is 1. The molecular formula is C25H29N5O5S. The summed E-state index contributed by atoms with van der Waals surface area (Å²) in [5, 5.41) is 29.0. The Bertz CT molecular complexity index is 1240. The van der Waals surface area contributed by atoms with Crippen LogP contribution in [0.1, 0.15) is 49.0 Å². The van der Waals surface area contributed by atoms with Crippen LogP contribution in [0.4, 0.5) is 5.95 Å². The largest absolute Gasteiger partial charge is 0.508 e. The number of nitrogens with one attached hydrogen (secondary N) is 3. The van der Waals surface area contributed by atoms with Crippen LogP contribution < -0.4 is 16.0 Å². The van der Waals surface area contributed by atoms with Crippen molar-refractivity contribution in [2.75, 3.05) is 18.4 Å². The Kier molecular flexibility index (Phi) is 8.96. The molecule has 0 saturated heterocycles. The summed E-state index contributed by atoms with van der Waals surface area (Å²) in [5.74, 6) is -1.70. The van der Waals surface area contributed by atoms with E-state index in [1.165, 1.54) is 11.3 Å². The van der Waals surface area contributed by atoms with Gasteiger partial charge in [0, 0.05) is 13.1 Å². The van der Waals surface area contributed by atoms with Crippen molar-refractivity contribution in [2.24, 2.45) is 0 Å². The van der Waals surface area contributed by atoms with Crippen LogP contribution in [-0.4, -0.2) is 57.1 Å². The van der Waals surface area contributed by atoms with Crippen molar-refractivity contribution in [1.29, 1.82) is 0 Å². The third-order valence-electron chi connectivity index (χ3n) is 5.36. The van der Waals surface area contributed by atoms with Gasteiger partial charge in [-0.05, 0) is 68.3 Å². The van der Waals surface area contributed by atoms with Crippen LogP contribution >= 0.6 is 11.3 Å². The molecule has 0 spiro atoms. The second-order valence-electron chi connectivity index (χ2n) is 8.36. The third-order valence-corrected chi connectivity index (χ3v) is 6.41. The summed E-state index contributed by atoms with van der Waals surface area (Å²) in [6.45, 7) is 5.48. The lowest BCUT2D eigenvalue weighted by atomic mass is 10.1. The van der Waals surface area contributed by atoms with Crippen LogP contribution in [0, 0.1) is 20.8 Å². The summed E-state index contributed by atoms with van der Waals surface area (Å²) in [5.41, 5.74) is 2.95. The number of hydrogen-bond acceptors (Lipinski definition) is 8. The molecule has 3 aromatic rings. The molecule has 5 N–H and O–H groups in total. The zero-order valence-electron chi connectivity index (χ0n) is 20.3. The fourth-order valence-corrected chi connectivity index (χ4v) is 4.41. The van der Waals surface area contributed by atoms with Gasteiger partial charge >= 0.3 is 5.97 Å². The number of anilines is 1. The van der Waals surface area contributed by atoms with Crippen molar-refractivity contribution in [3.05, 3.63) is 68.7 Å². The van der Waals surface area contributed by atoms with E-state index >= 15 is 0 Å². The second-order valence-corrected chi connectivity index (χ2v) is 9.27. The molecule has 0 radical (unpaired) electrons. The summed E-state index contributed by atoms with van der Waals surface area (Å²) in [6, 6.07) is 7.47. The molecule has 0 bridgehead atoms. The van der Waals surface area contributed by atoms with E-state index in [0.29, 0.717) is 28.8 Å². The molecule has 0 saturated carbocycles. The standard InChI is InChI=1S/C25H29N5O5S/c1-14-10-20(36-13-14)22(32)27-12-19(24(34)35)30-23(33)21-15(2)28-25(29-16(21)3)26-9-5-7-17-6-4-8-18(31)11-17/h4,6,8,10-11,13,19,31H,5,7,9,12H2,1-3H3,(H,27,32)(H,30,33)(H,34,35)(H,26,28,29). The lowest BCUT2D eigenvalue weighted by Crippen LogP contribution is -2.48. The van der Waals surface area contributed by atoms with Crippen molar-refractivity contribution < 1.29 is 24.6 Å². The Labute approximate surface area is 212 Å². The molecule has 11 heteroatoms. The molecule has 3 rings (SSSR count). The average Bonchev–Trinajstić information content (AvgIpc) is 3.25. The third kappa shape index (κ3) is 7.25. The van der Waals surface area contributed by atoms with Crippen molar-refractivity contribution in [3.63, 3.8) is 0 Å². The molecule has 0 aliphatic carbocycles. The van der Waals surface area contributed by atoms with Crippen LogP contribution in [-0.2, 0) is 11.2 Å². The fourth-order valence-electron chi connectivity index (χ4n) is 3.59. The highest BCUT2D eigenvalue weighted by Gasteiger charge is 2.25. The fraction of sp³-hybridized carbons (Fsp3) is 0.320. The van der Waals surface area contributed by atoms with Crippen molar-refractivity contribution in [1.82, 2.24) is 20.6 Å². The number of phenols is 1. The minimum absolute atomic E-state index is 0.187. The maximum atomic E-state index is 12.9. The number of aliphatic carboxylic acids is 1. The van der Waals surface area contributed by atoms with Crippen LogP contribution in [0.15, 0.2) is 35.7 Å². The van der Waals surface area contributed by atoms with E-state index in [-0.39, 0.29) is 17.9 Å². The van der Waals surface area contributed by atoms with E-state index < -0.39 is 23.8 Å². The first-order valence-corrected chi connectivity index (χ1v) is 12.3. The molecule has 2 amide bonds. The number of benzene rings is 1. The zero-order chi connectivity index (χ0) is 26.2. The number of carboxylic acid groups (broad SMARTS) is 1. The molecule has 36 heavy (non-hydrogen) atoms. The Balaban J connectivity index is 1.57. The molecule has 1 unspecified atom stereocenters. The molecule has 0 aliphatic heterocycles. The molecule has 2 aromatic heterocycles. The predicted octanol–water partition coefficient (Wildman–Crippen LogP) is 2.83. The Morgan fingerprint density at radius 2 is 1.78 bits per heavy atom. The maximum absolute atomic E-state index is 12.9. The minimum atomic E-state index is -1.32. The van der Waals surface area contributed by atoms with Gasteiger partial charge in [-0.2, -0.15) is 0 Å². The van der Waals surface area contributed by atoms with Crippen molar-refractivity contribution >= 4 is 35.1 Å². The first-order chi connectivity index (χ1) is 17.1. The van der Waals surface area contributed by atoms with Gasteiger partial charge in [-0.25, -0.2) is 14.8 Å². The molecule has 0 fully saturated rings. The number of aromatic nitrogens is 2. The Hall–Kier alpha value is -3.99. The number of rotatable bonds is 11. The monoisotopic (exact) mass is 511 g/mol. The highest BCUT2D eigenvalue weighted by molar-refractivity contribution is 7.12. The van der Waals surface area contributed by atoms with Gasteiger partial charge in [0.1, 0.15) is 11.8 Å². The molecule has 1 atom stereocenters. The number of aryl methyl sites for hydroxylation is 4. The van der Waals surface area contributed by atoms with E-state index in [0.717, 1.165) is 24.0 Å². The van der Waals surface area contributed by atoms with E-state index in [1.807, 2.05) is 18.4 Å². The lowest BCUT2D eigenvalue weighted by Gasteiger charge is -2.17. The molecular weight excluding hydrogens is 482 g/mol. The Morgan fingerprint density at radius 1 is 1.06 bits per heavy atom. The lowest BCUT2D eigenvalue weighted by molar-refractivity contribution is -0.139. The number of hydrogen-bond donors (Lipinski definition) is 5. The topological polar surface area (TPSA) is 154 Å². The Morgan fingerprint density at radius 3 is 2.39 bits per heavy atom. The van der Waals surface area contributed by atoms with Crippen molar-refractivity contribution in [3.8, 4) is 5.75 Å². The van der Waals surface area contributed by atoms with Crippen LogP contribution in [0.25, 0.3) is 0 Å². The molecule has 0 aliphatic rings. The molecule has 1 aromatic carbocycles. The number of carboxylic acids is 1. The first-order valence-electron chi connectivity index (χ1n) is 11.4. The smallest absolute Gasteiger partial charge is 0.328 e. The number of carbonyl (C=O) groups excluding carboxylic acids is 2. The number of phenolic OH excluding ortho intramolecular Hbond substituents is 1. The second kappa shape index (κ2) is 12.1. The molecule has 190 valence electrons. The van der Waals surface area contributed by atoms with E-state index in [2.05, 4.69) is 25.9 Å². The van der Waals surface area contributed by atoms with E-state index in [1.54, 1.807) is 38.1 Å². The summed E-state index contributed by atoms with van der Waals surface area (Å²) in [7, 11) is 0. The first kappa shape index (κ1) is 26.6. The summed E-state index contributed by atoms with van der Waals surface area (Å²) in [4.78, 5) is 46.0. The highest BCUT2D eigenvalue weighted by atomic mass is 32.1. The SMILES string of the molecule is Cc1csc(C(=O)NCC(NC(=O)c2c(C)nc(NCCCc3cccc(O)c3)nc2C)C(=O)O)c1. The quantitative estimate of drug-likeness (QED) is 0.246. The van der Waals surface area contributed by atoms with Crippen molar-refractivity contribution in [2.45, 2.75) is 39.7 Å². The number of amides is 2. The zero-order valence-corrected chi connectivity index (χ0v) is 21.1. The van der Waals surface area contributed by atoms with Gasteiger partial charge < -0.3 is 26.2 Å². The molecule has 2 heterocycles. The normalized spacial score (nSPS) is 11.5. The summed E-state index contributed by atoms with van der Waals surface area (Å²) in [6.07, 6.45) is 1.54. The van der Waals surface area contributed by atoms with Crippen LogP contribution in [0.5, 0.6) is 5.75 Å². The maximum Gasteiger partial charge on any atom is 0.328 e. The minimum Gasteiger partial charge on any atom is -0.508 e. The van der Waals surface area contributed by atoms with Gasteiger partial charge in [-0.1, -0.05) is 12.1 Å². The van der Waals surface area contributed by atoms with Gasteiger partial charge in [-0.15, -0.1) is 11.3 Å². The van der Waals surface area contributed by atoms with Gasteiger partial charge in [0.15, 0.2) is 0 Å². The summed E-state index contributed by atoms with van der Waals surface area (Å²) >= 11 is 1.26. The van der Waals surface area contributed by atoms with Gasteiger partial charge in [0.2, 0.25) is 5.95 Å². The summed E-state index contributed by atoms with van der Waals surface area (Å²) < 4.78 is 0.